The fourth-order valence-electron chi connectivity index (χ4n) is 7.71. The highest BCUT2D eigenvalue weighted by atomic mass is 14.6. The lowest BCUT2D eigenvalue weighted by Gasteiger charge is -2.56. The summed E-state index contributed by atoms with van der Waals surface area (Å²) in [4.78, 5) is 0. The van der Waals surface area contributed by atoms with E-state index in [1.54, 1.807) is 0 Å². The number of fused-ring (bicyclic) bond motifs is 5. The molecule has 2 fully saturated rings. The van der Waals surface area contributed by atoms with E-state index < -0.39 is 0 Å². The molecule has 2 saturated carbocycles. The molecule has 0 bridgehead atoms. The second-order valence-electron chi connectivity index (χ2n) is 11.7. The van der Waals surface area contributed by atoms with Crippen LogP contribution in [0.5, 0.6) is 0 Å². The Bertz CT molecular complexity index is 664. The molecule has 2 unspecified atom stereocenters. The maximum Gasteiger partial charge on any atom is -0.0140 e. The van der Waals surface area contributed by atoms with Crippen molar-refractivity contribution in [1.82, 2.24) is 0 Å². The molecule has 0 heterocycles. The Labute approximate surface area is 175 Å². The lowest BCUT2D eigenvalue weighted by molar-refractivity contribution is 0.0172. The average Bonchev–Trinajstić information content (AvgIpc) is 3.02. The van der Waals surface area contributed by atoms with E-state index >= 15 is 0 Å². The molecule has 4 aliphatic rings. The first-order chi connectivity index (χ1) is 13.3. The molecule has 156 valence electrons. The van der Waals surface area contributed by atoms with Gasteiger partial charge in [0.1, 0.15) is 0 Å². The quantitative estimate of drug-likeness (QED) is 0.431. The summed E-state index contributed by atoms with van der Waals surface area (Å²) in [5.41, 5.74) is 2.97. The van der Waals surface area contributed by atoms with Gasteiger partial charge in [-0.1, -0.05) is 77.5 Å². The van der Waals surface area contributed by atoms with Crippen LogP contribution in [0.1, 0.15) is 86.5 Å². The zero-order valence-electron chi connectivity index (χ0n) is 19.4. The molecule has 0 aliphatic heterocycles. The van der Waals surface area contributed by atoms with Gasteiger partial charge in [-0.2, -0.15) is 0 Å². The molecule has 0 spiro atoms. The molecule has 0 amide bonds. The minimum atomic E-state index is 0.529. The predicted molar refractivity (Wildman–Crippen MR) is 122 cm³/mol. The van der Waals surface area contributed by atoms with E-state index in [9.17, 15) is 0 Å². The first kappa shape index (κ1) is 20.5. The van der Waals surface area contributed by atoms with E-state index in [1.807, 2.05) is 5.57 Å². The van der Waals surface area contributed by atoms with E-state index in [0.717, 1.165) is 35.5 Å². The van der Waals surface area contributed by atoms with E-state index in [-0.39, 0.29) is 0 Å². The van der Waals surface area contributed by atoms with Crippen LogP contribution < -0.4 is 0 Å². The van der Waals surface area contributed by atoms with Gasteiger partial charge in [0, 0.05) is 0 Å². The molecule has 0 saturated heterocycles. The monoisotopic (exact) mass is 380 g/mol. The molecule has 4 rings (SSSR count). The molecule has 28 heavy (non-hydrogen) atoms. The van der Waals surface area contributed by atoms with Crippen LogP contribution in [0.3, 0.4) is 0 Å². The fourth-order valence-corrected chi connectivity index (χ4v) is 7.71. The van der Waals surface area contributed by atoms with Crippen LogP contribution in [-0.4, -0.2) is 0 Å². The Morgan fingerprint density at radius 3 is 2.39 bits per heavy atom. The number of hydrogen-bond acceptors (Lipinski definition) is 0. The van der Waals surface area contributed by atoms with Gasteiger partial charge in [-0.3, -0.25) is 0 Å². The maximum atomic E-state index is 2.74. The summed E-state index contributed by atoms with van der Waals surface area (Å²) in [6.07, 6.45) is 22.5. The molecule has 0 aromatic heterocycles. The van der Waals surface area contributed by atoms with E-state index in [2.05, 4.69) is 71.9 Å². The van der Waals surface area contributed by atoms with Crippen molar-refractivity contribution < 1.29 is 0 Å². The topological polar surface area (TPSA) is 0 Å². The normalized spacial score (nSPS) is 44.8. The van der Waals surface area contributed by atoms with Gasteiger partial charge < -0.3 is 0 Å². The van der Waals surface area contributed by atoms with Gasteiger partial charge in [-0.05, 0) is 97.2 Å². The maximum absolute atomic E-state index is 2.74. The highest BCUT2D eigenvalue weighted by Crippen LogP contribution is 2.66. The Morgan fingerprint density at radius 2 is 1.64 bits per heavy atom. The molecular weight excluding hydrogens is 336 g/mol. The molecular formula is C28H44. The zero-order valence-corrected chi connectivity index (χ0v) is 19.4. The zero-order chi connectivity index (χ0) is 20.1. The summed E-state index contributed by atoms with van der Waals surface area (Å²) in [6.45, 7) is 14.9. The Balaban J connectivity index is 1.55. The summed E-state index contributed by atoms with van der Waals surface area (Å²) < 4.78 is 0. The van der Waals surface area contributed by atoms with E-state index in [1.165, 1.54) is 44.9 Å². The molecule has 8 atom stereocenters. The van der Waals surface area contributed by atoms with Crippen LogP contribution in [0.15, 0.2) is 36.0 Å². The van der Waals surface area contributed by atoms with Crippen molar-refractivity contribution in [3.8, 4) is 0 Å². The largest absolute Gasteiger partial charge is 0.0882 e. The van der Waals surface area contributed by atoms with Crippen molar-refractivity contribution in [2.75, 3.05) is 0 Å². The predicted octanol–water partition coefficient (Wildman–Crippen LogP) is 8.22. The molecule has 0 heteroatoms. The summed E-state index contributed by atoms with van der Waals surface area (Å²) in [5, 5.41) is 0. The van der Waals surface area contributed by atoms with Crippen molar-refractivity contribution in [3.05, 3.63) is 36.0 Å². The Hall–Kier alpha value is -0.780. The van der Waals surface area contributed by atoms with Gasteiger partial charge in [0.15, 0.2) is 0 Å². The second-order valence-corrected chi connectivity index (χ2v) is 11.7. The summed E-state index contributed by atoms with van der Waals surface area (Å²) in [6, 6.07) is 0. The first-order valence-electron chi connectivity index (χ1n) is 12.3. The molecule has 4 aliphatic carbocycles. The van der Waals surface area contributed by atoms with Crippen LogP contribution >= 0.6 is 0 Å². The highest BCUT2D eigenvalue weighted by Gasteiger charge is 2.57. The third kappa shape index (κ3) is 3.18. The molecule has 0 aromatic rings. The van der Waals surface area contributed by atoms with Crippen molar-refractivity contribution >= 4 is 0 Å². The highest BCUT2D eigenvalue weighted by molar-refractivity contribution is 5.29. The molecule has 0 radical (unpaired) electrons. The van der Waals surface area contributed by atoms with Crippen molar-refractivity contribution in [2.24, 2.45) is 52.3 Å². The fraction of sp³-hybridized carbons (Fsp3) is 0.786. The first-order valence-corrected chi connectivity index (χ1v) is 12.3. The Morgan fingerprint density at radius 1 is 0.893 bits per heavy atom. The van der Waals surface area contributed by atoms with Gasteiger partial charge in [0.2, 0.25) is 0 Å². The number of rotatable bonds is 4. The van der Waals surface area contributed by atoms with Gasteiger partial charge in [0.25, 0.3) is 0 Å². The van der Waals surface area contributed by atoms with Crippen molar-refractivity contribution in [2.45, 2.75) is 86.5 Å². The number of allylic oxidation sites excluding steroid dienone is 6. The van der Waals surface area contributed by atoms with Gasteiger partial charge in [-0.15, -0.1) is 0 Å². The summed E-state index contributed by atoms with van der Waals surface area (Å²) >= 11 is 0. The van der Waals surface area contributed by atoms with Crippen molar-refractivity contribution in [1.29, 1.82) is 0 Å². The average molecular weight is 381 g/mol. The third-order valence-electron chi connectivity index (χ3n) is 10.1. The van der Waals surface area contributed by atoms with Crippen LogP contribution in [0.2, 0.25) is 0 Å². The van der Waals surface area contributed by atoms with Crippen LogP contribution in [0.25, 0.3) is 0 Å². The Kier molecular flexibility index (Phi) is 5.47. The van der Waals surface area contributed by atoms with Gasteiger partial charge >= 0.3 is 0 Å². The van der Waals surface area contributed by atoms with Gasteiger partial charge in [0.05, 0.1) is 0 Å². The van der Waals surface area contributed by atoms with Crippen molar-refractivity contribution in [3.63, 3.8) is 0 Å². The van der Waals surface area contributed by atoms with Crippen LogP contribution in [0, 0.1) is 52.3 Å². The standard InChI is InChI=1S/C28H44/c1-19(2)20(3)10-11-21(4)24-14-15-25-23-13-12-22-9-7-8-17-27(22,5)26(23)16-18-28(24,25)6/h7-8,10-11,13,19-22,24-26H,9,12,14-18H2,1-6H3/b11-10+/t20-,21+,22+,24+,25?,26?,27-,28+/m0/s1. The van der Waals surface area contributed by atoms with Crippen LogP contribution in [0.4, 0.5) is 0 Å². The second kappa shape index (κ2) is 7.48. The minimum absolute atomic E-state index is 0.529. The van der Waals surface area contributed by atoms with E-state index in [4.69, 9.17) is 0 Å². The lowest BCUT2D eigenvalue weighted by Crippen LogP contribution is -2.47. The molecule has 0 N–H and O–H groups in total. The number of hydrogen-bond donors (Lipinski definition) is 0. The summed E-state index contributed by atoms with van der Waals surface area (Å²) in [5.74, 6) is 5.65. The van der Waals surface area contributed by atoms with Crippen LogP contribution in [-0.2, 0) is 0 Å². The molecule has 0 aromatic carbocycles. The van der Waals surface area contributed by atoms with Gasteiger partial charge in [-0.25, -0.2) is 0 Å². The summed E-state index contributed by atoms with van der Waals surface area (Å²) in [7, 11) is 0. The SMILES string of the molecule is CC(C)[C@@H](C)/C=C/[C@@H](C)[C@H]1CCC2C3=CC[C@H]4CC=CC[C@]4(C)C3CC[C@@]21C. The molecule has 0 nitrogen and oxygen atoms in total. The van der Waals surface area contributed by atoms with E-state index in [0.29, 0.717) is 16.7 Å². The third-order valence-corrected chi connectivity index (χ3v) is 10.1. The lowest BCUT2D eigenvalue weighted by atomic mass is 9.48. The minimum Gasteiger partial charge on any atom is -0.0882 e. The smallest absolute Gasteiger partial charge is 0.0140 e.